The molecule has 0 N–H and O–H groups in total. The highest BCUT2D eigenvalue weighted by molar-refractivity contribution is 5.92. The molecule has 1 unspecified atom stereocenters. The van der Waals surface area contributed by atoms with Gasteiger partial charge in [0.15, 0.2) is 0 Å². The molecule has 0 bridgehead atoms. The normalized spacial score (nSPS) is 19.5. The van der Waals surface area contributed by atoms with Crippen molar-refractivity contribution >= 4 is 5.91 Å². The lowest BCUT2D eigenvalue weighted by Gasteiger charge is -2.22. The topological polar surface area (TPSA) is 104 Å². The van der Waals surface area contributed by atoms with Crippen LogP contribution in [-0.2, 0) is 26.6 Å². The van der Waals surface area contributed by atoms with E-state index >= 15 is 0 Å². The van der Waals surface area contributed by atoms with E-state index in [1.807, 2.05) is 12.1 Å². The summed E-state index contributed by atoms with van der Waals surface area (Å²) in [4.78, 5) is 40.1. The van der Waals surface area contributed by atoms with Crippen molar-refractivity contribution < 1.29 is 9.53 Å². The molecule has 0 radical (unpaired) electrons. The van der Waals surface area contributed by atoms with E-state index in [-0.39, 0.29) is 17.9 Å². The number of ether oxygens (including phenoxy) is 1. The van der Waals surface area contributed by atoms with Crippen LogP contribution in [0.4, 0.5) is 0 Å². The number of likely N-dealkylation sites (tertiary alicyclic amines) is 1. The van der Waals surface area contributed by atoms with Gasteiger partial charge in [0.25, 0.3) is 5.91 Å². The zero-order chi connectivity index (χ0) is 22.5. The summed E-state index contributed by atoms with van der Waals surface area (Å²) in [5.41, 5.74) is -0.217. The number of hydrogen-bond donors (Lipinski definition) is 0. The van der Waals surface area contributed by atoms with Gasteiger partial charge in [0.05, 0.1) is 13.7 Å². The van der Waals surface area contributed by atoms with Crippen molar-refractivity contribution in [2.24, 2.45) is 12.5 Å². The number of methoxy groups -OCH3 is 1. The maximum Gasteiger partial charge on any atom is 0.332 e. The van der Waals surface area contributed by atoms with Crippen molar-refractivity contribution in [3.63, 3.8) is 0 Å². The first kappa shape index (κ1) is 20.2. The molecule has 32 heavy (non-hydrogen) atoms. The van der Waals surface area contributed by atoms with Gasteiger partial charge in [0, 0.05) is 44.7 Å². The van der Waals surface area contributed by atoms with Crippen molar-refractivity contribution in [1.82, 2.24) is 29.0 Å². The summed E-state index contributed by atoms with van der Waals surface area (Å²) >= 11 is 0. The van der Waals surface area contributed by atoms with Crippen molar-refractivity contribution in [1.29, 1.82) is 0 Å². The predicted octanol–water partition coefficient (Wildman–Crippen LogP) is 0.284. The average molecular weight is 436 g/mol. The number of rotatable bonds is 4. The SMILES string of the molecule is COc1ccc(Cn2nc3n(c(=O)c2=O)CC2(CCN(C(=O)c4ccn(C)n4)C2)C3)cc1. The minimum Gasteiger partial charge on any atom is -0.497 e. The Kier molecular flexibility index (Phi) is 4.72. The van der Waals surface area contributed by atoms with Gasteiger partial charge in [-0.1, -0.05) is 12.1 Å². The highest BCUT2D eigenvalue weighted by atomic mass is 16.5. The van der Waals surface area contributed by atoms with E-state index in [4.69, 9.17) is 4.74 Å². The molecule has 1 amide bonds. The van der Waals surface area contributed by atoms with Gasteiger partial charge in [-0.3, -0.25) is 23.6 Å². The van der Waals surface area contributed by atoms with Crippen LogP contribution in [0, 0.1) is 5.41 Å². The Morgan fingerprint density at radius 3 is 2.56 bits per heavy atom. The van der Waals surface area contributed by atoms with E-state index < -0.39 is 11.1 Å². The summed E-state index contributed by atoms with van der Waals surface area (Å²) < 4.78 is 9.49. The molecule has 10 heteroatoms. The summed E-state index contributed by atoms with van der Waals surface area (Å²) in [6, 6.07) is 9.01. The van der Waals surface area contributed by atoms with Gasteiger partial charge in [-0.05, 0) is 30.2 Å². The molecule has 166 valence electrons. The minimum atomic E-state index is -0.638. The Bertz CT molecular complexity index is 1310. The number of fused-ring (bicyclic) bond motifs is 1. The van der Waals surface area contributed by atoms with Gasteiger partial charge in [0.2, 0.25) is 0 Å². The van der Waals surface area contributed by atoms with Crippen LogP contribution in [0.3, 0.4) is 0 Å². The van der Waals surface area contributed by atoms with Gasteiger partial charge in [-0.2, -0.15) is 10.2 Å². The van der Waals surface area contributed by atoms with E-state index in [1.165, 1.54) is 9.25 Å². The van der Waals surface area contributed by atoms with Crippen LogP contribution in [0.5, 0.6) is 5.75 Å². The second kappa shape index (κ2) is 7.47. The summed E-state index contributed by atoms with van der Waals surface area (Å²) in [5, 5.41) is 8.72. The molecule has 1 atom stereocenters. The predicted molar refractivity (Wildman–Crippen MR) is 115 cm³/mol. The summed E-state index contributed by atoms with van der Waals surface area (Å²) in [6.45, 7) is 1.72. The van der Waals surface area contributed by atoms with Crippen LogP contribution >= 0.6 is 0 Å². The van der Waals surface area contributed by atoms with Gasteiger partial charge < -0.3 is 9.64 Å². The number of aromatic nitrogens is 5. The van der Waals surface area contributed by atoms with Crippen molar-refractivity contribution in [2.75, 3.05) is 20.2 Å². The van der Waals surface area contributed by atoms with E-state index in [0.717, 1.165) is 17.7 Å². The zero-order valence-electron chi connectivity index (χ0n) is 18.0. The average Bonchev–Trinajstić information content (AvgIpc) is 3.51. The number of carbonyl (C=O) groups excluding carboxylic acids is 1. The molecule has 0 aliphatic carbocycles. The third-order valence-corrected chi connectivity index (χ3v) is 6.39. The molecule has 1 aromatic carbocycles. The fraction of sp³-hybridized carbons (Fsp3) is 0.409. The first-order valence-electron chi connectivity index (χ1n) is 10.5. The summed E-state index contributed by atoms with van der Waals surface area (Å²) in [5.74, 6) is 1.20. The molecular formula is C22H24N6O4. The van der Waals surface area contributed by atoms with E-state index in [0.29, 0.717) is 37.6 Å². The first-order chi connectivity index (χ1) is 15.4. The Labute approximate surface area is 183 Å². The number of aryl methyl sites for hydroxylation is 1. The number of nitrogens with zero attached hydrogens (tertiary/aromatic N) is 6. The molecule has 1 spiro atoms. The fourth-order valence-corrected chi connectivity index (χ4v) is 4.69. The molecule has 2 aromatic heterocycles. The zero-order valence-corrected chi connectivity index (χ0v) is 18.0. The molecule has 10 nitrogen and oxygen atoms in total. The van der Waals surface area contributed by atoms with Crippen LogP contribution in [0.15, 0.2) is 46.1 Å². The number of hydrogen-bond acceptors (Lipinski definition) is 6. The van der Waals surface area contributed by atoms with E-state index in [2.05, 4.69) is 10.2 Å². The van der Waals surface area contributed by atoms with Crippen LogP contribution in [0.2, 0.25) is 0 Å². The number of carbonyl (C=O) groups is 1. The van der Waals surface area contributed by atoms with Crippen molar-refractivity contribution in [2.45, 2.75) is 25.9 Å². The maximum absolute atomic E-state index is 12.8. The smallest absolute Gasteiger partial charge is 0.332 e. The molecule has 1 saturated heterocycles. The molecule has 0 saturated carbocycles. The monoisotopic (exact) mass is 436 g/mol. The highest BCUT2D eigenvalue weighted by Gasteiger charge is 2.46. The third kappa shape index (κ3) is 3.41. The van der Waals surface area contributed by atoms with Crippen molar-refractivity contribution in [3.8, 4) is 5.75 Å². The minimum absolute atomic E-state index is 0.113. The Balaban J connectivity index is 1.37. The Morgan fingerprint density at radius 2 is 1.88 bits per heavy atom. The van der Waals surface area contributed by atoms with Crippen molar-refractivity contribution in [3.05, 3.63) is 74.3 Å². The third-order valence-electron chi connectivity index (χ3n) is 6.39. The highest BCUT2D eigenvalue weighted by Crippen LogP contribution is 2.39. The quantitative estimate of drug-likeness (QED) is 0.545. The summed E-state index contributed by atoms with van der Waals surface area (Å²) in [6.07, 6.45) is 3.05. The van der Waals surface area contributed by atoms with Gasteiger partial charge >= 0.3 is 11.1 Å². The largest absolute Gasteiger partial charge is 0.497 e. The van der Waals surface area contributed by atoms with Crippen LogP contribution in [-0.4, -0.2) is 55.1 Å². The molecule has 2 aliphatic heterocycles. The second-order valence-electron chi connectivity index (χ2n) is 8.65. The Morgan fingerprint density at radius 1 is 1.09 bits per heavy atom. The first-order valence-corrected chi connectivity index (χ1v) is 10.5. The second-order valence-corrected chi connectivity index (χ2v) is 8.65. The number of benzene rings is 1. The molecule has 1 fully saturated rings. The van der Waals surface area contributed by atoms with Crippen LogP contribution in [0.25, 0.3) is 0 Å². The lowest BCUT2D eigenvalue weighted by molar-refractivity contribution is 0.0765. The van der Waals surface area contributed by atoms with Gasteiger partial charge in [0.1, 0.15) is 17.3 Å². The Hall–Kier alpha value is -3.69. The van der Waals surface area contributed by atoms with Crippen LogP contribution in [0.1, 0.15) is 28.3 Å². The molecule has 5 rings (SSSR count). The van der Waals surface area contributed by atoms with Gasteiger partial charge in [-0.15, -0.1) is 0 Å². The fourth-order valence-electron chi connectivity index (χ4n) is 4.69. The van der Waals surface area contributed by atoms with Gasteiger partial charge in [-0.25, -0.2) is 4.68 Å². The molecular weight excluding hydrogens is 412 g/mol. The standard InChI is InChI=1S/C22H24N6O4/c1-25-9-7-17(23-25)19(29)26-10-8-22(13-26)11-18-24-28(21(31)20(30)27(18)14-22)12-15-3-5-16(32-2)6-4-15/h3-7,9H,8,10-14H2,1-2H3. The van der Waals surface area contributed by atoms with Crippen LogP contribution < -0.4 is 15.9 Å². The van der Waals surface area contributed by atoms with E-state index in [9.17, 15) is 14.4 Å². The molecule has 3 aromatic rings. The molecule has 4 heterocycles. The lowest BCUT2D eigenvalue weighted by atomic mass is 9.86. The molecule has 2 aliphatic rings. The lowest BCUT2D eigenvalue weighted by Crippen LogP contribution is -2.43. The van der Waals surface area contributed by atoms with E-state index in [1.54, 1.807) is 48.1 Å². The maximum atomic E-state index is 12.8. The number of amides is 1. The summed E-state index contributed by atoms with van der Waals surface area (Å²) in [7, 11) is 3.36.